The molecule has 0 aliphatic heterocycles. The van der Waals surface area contributed by atoms with E-state index in [1.165, 1.54) is 7.11 Å². The standard InChI is InChI=1S/C17H26N2O4S/c1-4-23-14-10-9-13(12-15(14)21-2)19-17(24)18-11-7-5-6-8-16(20)22-3/h9-10,12H,4-8,11H2,1-3H3,(H2,18,19,24). The number of ether oxygens (including phenoxy) is 3. The first-order valence-corrected chi connectivity index (χ1v) is 8.44. The Labute approximate surface area is 148 Å². The van der Waals surface area contributed by atoms with Crippen molar-refractivity contribution in [2.24, 2.45) is 0 Å². The lowest BCUT2D eigenvalue weighted by Gasteiger charge is -2.13. The number of thiocarbonyl (C=S) groups is 1. The normalized spacial score (nSPS) is 9.96. The number of esters is 1. The highest BCUT2D eigenvalue weighted by atomic mass is 32.1. The summed E-state index contributed by atoms with van der Waals surface area (Å²) in [6.45, 7) is 3.26. The van der Waals surface area contributed by atoms with Crippen LogP contribution in [0.2, 0.25) is 0 Å². The van der Waals surface area contributed by atoms with Crippen molar-refractivity contribution >= 4 is 29.0 Å². The fraction of sp³-hybridized carbons (Fsp3) is 0.529. The van der Waals surface area contributed by atoms with Gasteiger partial charge in [-0.3, -0.25) is 4.79 Å². The Morgan fingerprint density at radius 2 is 1.96 bits per heavy atom. The molecular weight excluding hydrogens is 328 g/mol. The number of methoxy groups -OCH3 is 2. The number of carbonyl (C=O) groups excluding carboxylic acids is 1. The summed E-state index contributed by atoms with van der Waals surface area (Å²) in [5.41, 5.74) is 0.832. The second-order valence-corrected chi connectivity index (χ2v) is 5.47. The zero-order valence-corrected chi connectivity index (χ0v) is 15.3. The molecule has 7 heteroatoms. The van der Waals surface area contributed by atoms with Gasteiger partial charge in [0.25, 0.3) is 0 Å². The molecule has 134 valence electrons. The number of carbonyl (C=O) groups is 1. The highest BCUT2D eigenvalue weighted by Crippen LogP contribution is 2.30. The van der Waals surface area contributed by atoms with Crippen LogP contribution in [0.1, 0.15) is 32.6 Å². The van der Waals surface area contributed by atoms with Crippen LogP contribution in [0, 0.1) is 0 Å². The van der Waals surface area contributed by atoms with Crippen LogP contribution in [-0.2, 0) is 9.53 Å². The first kappa shape index (κ1) is 20.0. The molecule has 0 saturated carbocycles. The molecule has 1 aromatic rings. The minimum atomic E-state index is -0.162. The van der Waals surface area contributed by atoms with Gasteiger partial charge in [-0.15, -0.1) is 0 Å². The van der Waals surface area contributed by atoms with Gasteiger partial charge in [-0.2, -0.15) is 0 Å². The average molecular weight is 354 g/mol. The largest absolute Gasteiger partial charge is 0.493 e. The Bertz CT molecular complexity index is 537. The monoisotopic (exact) mass is 354 g/mol. The summed E-state index contributed by atoms with van der Waals surface area (Å²) in [5.74, 6) is 1.20. The minimum absolute atomic E-state index is 0.162. The van der Waals surface area contributed by atoms with Crippen molar-refractivity contribution in [2.75, 3.05) is 32.7 Å². The Morgan fingerprint density at radius 1 is 1.17 bits per heavy atom. The number of anilines is 1. The molecule has 0 amide bonds. The molecule has 1 aromatic carbocycles. The van der Waals surface area contributed by atoms with E-state index < -0.39 is 0 Å². The molecule has 0 aliphatic carbocycles. The number of hydrogen-bond donors (Lipinski definition) is 2. The van der Waals surface area contributed by atoms with Crippen LogP contribution < -0.4 is 20.1 Å². The van der Waals surface area contributed by atoms with Crippen molar-refractivity contribution in [1.29, 1.82) is 0 Å². The van der Waals surface area contributed by atoms with Crippen LogP contribution >= 0.6 is 12.2 Å². The summed E-state index contributed by atoms with van der Waals surface area (Å²) in [6.07, 6.45) is 3.17. The highest BCUT2D eigenvalue weighted by Gasteiger charge is 2.06. The quantitative estimate of drug-likeness (QED) is 0.380. The second kappa shape index (κ2) is 11.5. The van der Waals surface area contributed by atoms with Gasteiger partial charge < -0.3 is 24.8 Å². The van der Waals surface area contributed by atoms with Crippen LogP contribution in [0.3, 0.4) is 0 Å². The SMILES string of the molecule is CCOc1ccc(NC(=S)NCCCCCC(=O)OC)cc1OC. The fourth-order valence-corrected chi connectivity index (χ4v) is 2.29. The summed E-state index contributed by atoms with van der Waals surface area (Å²) < 4.78 is 15.4. The van der Waals surface area contributed by atoms with Crippen molar-refractivity contribution in [1.82, 2.24) is 5.32 Å². The Kier molecular flexibility index (Phi) is 9.60. The summed E-state index contributed by atoms with van der Waals surface area (Å²) in [4.78, 5) is 11.0. The van der Waals surface area contributed by atoms with Crippen LogP contribution in [0.5, 0.6) is 11.5 Å². The molecule has 0 fully saturated rings. The molecule has 0 aromatic heterocycles. The second-order valence-electron chi connectivity index (χ2n) is 5.07. The Morgan fingerprint density at radius 3 is 2.62 bits per heavy atom. The molecule has 0 heterocycles. The molecule has 0 atom stereocenters. The van der Waals surface area contributed by atoms with Crippen LogP contribution in [0.15, 0.2) is 18.2 Å². The summed E-state index contributed by atoms with van der Waals surface area (Å²) >= 11 is 5.27. The molecule has 0 aliphatic rings. The van der Waals surface area contributed by atoms with E-state index in [1.807, 2.05) is 25.1 Å². The van der Waals surface area contributed by atoms with Crippen LogP contribution in [0.25, 0.3) is 0 Å². The predicted molar refractivity (Wildman–Crippen MR) is 98.9 cm³/mol. The molecule has 0 bridgehead atoms. The maximum Gasteiger partial charge on any atom is 0.305 e. The Hall–Kier alpha value is -2.02. The summed E-state index contributed by atoms with van der Waals surface area (Å²) in [6, 6.07) is 5.58. The molecule has 0 unspecified atom stereocenters. The zero-order chi connectivity index (χ0) is 17.8. The number of benzene rings is 1. The van der Waals surface area contributed by atoms with Crippen molar-refractivity contribution in [2.45, 2.75) is 32.6 Å². The maximum atomic E-state index is 11.0. The molecule has 0 spiro atoms. The van der Waals surface area contributed by atoms with Gasteiger partial charge in [-0.05, 0) is 44.1 Å². The molecule has 0 saturated heterocycles. The van der Waals surface area contributed by atoms with Gasteiger partial charge in [0.1, 0.15) is 0 Å². The first-order valence-electron chi connectivity index (χ1n) is 8.03. The van der Waals surface area contributed by atoms with Crippen LogP contribution in [0.4, 0.5) is 5.69 Å². The first-order chi connectivity index (χ1) is 11.6. The fourth-order valence-electron chi connectivity index (χ4n) is 2.07. The third-order valence-electron chi connectivity index (χ3n) is 3.29. The topological polar surface area (TPSA) is 68.8 Å². The van der Waals surface area contributed by atoms with E-state index in [2.05, 4.69) is 15.4 Å². The van der Waals surface area contributed by atoms with E-state index in [9.17, 15) is 4.79 Å². The lowest BCUT2D eigenvalue weighted by atomic mass is 10.2. The molecule has 24 heavy (non-hydrogen) atoms. The van der Waals surface area contributed by atoms with Crippen molar-refractivity contribution in [3.63, 3.8) is 0 Å². The van der Waals surface area contributed by atoms with Gasteiger partial charge in [-0.1, -0.05) is 6.42 Å². The number of unbranched alkanes of at least 4 members (excludes halogenated alkanes) is 2. The van der Waals surface area contributed by atoms with Crippen molar-refractivity contribution in [3.8, 4) is 11.5 Å². The lowest BCUT2D eigenvalue weighted by molar-refractivity contribution is -0.140. The van der Waals surface area contributed by atoms with E-state index in [1.54, 1.807) is 7.11 Å². The smallest absolute Gasteiger partial charge is 0.305 e. The zero-order valence-electron chi connectivity index (χ0n) is 14.5. The number of hydrogen-bond acceptors (Lipinski definition) is 5. The summed E-state index contributed by atoms with van der Waals surface area (Å²) in [5, 5.41) is 6.81. The van der Waals surface area contributed by atoms with Gasteiger partial charge in [0.2, 0.25) is 0 Å². The molecule has 6 nitrogen and oxygen atoms in total. The third kappa shape index (κ3) is 7.50. The lowest BCUT2D eigenvalue weighted by Crippen LogP contribution is -2.29. The van der Waals surface area contributed by atoms with E-state index in [0.29, 0.717) is 29.6 Å². The number of rotatable bonds is 10. The maximum absolute atomic E-state index is 11.0. The average Bonchev–Trinajstić information content (AvgIpc) is 2.59. The third-order valence-corrected chi connectivity index (χ3v) is 3.54. The van der Waals surface area contributed by atoms with Gasteiger partial charge in [0.15, 0.2) is 16.6 Å². The molecular formula is C17H26N2O4S. The molecule has 0 radical (unpaired) electrons. The van der Waals surface area contributed by atoms with E-state index in [4.69, 9.17) is 21.7 Å². The van der Waals surface area contributed by atoms with Crippen LogP contribution in [-0.4, -0.2) is 38.5 Å². The van der Waals surface area contributed by atoms with Gasteiger partial charge in [-0.25, -0.2) is 0 Å². The van der Waals surface area contributed by atoms with E-state index in [0.717, 1.165) is 31.5 Å². The van der Waals surface area contributed by atoms with E-state index in [-0.39, 0.29) is 5.97 Å². The minimum Gasteiger partial charge on any atom is -0.493 e. The molecule has 2 N–H and O–H groups in total. The predicted octanol–water partition coefficient (Wildman–Crippen LogP) is 3.11. The van der Waals surface area contributed by atoms with Gasteiger partial charge in [0.05, 0.1) is 20.8 Å². The number of nitrogens with one attached hydrogen (secondary N) is 2. The van der Waals surface area contributed by atoms with E-state index >= 15 is 0 Å². The highest BCUT2D eigenvalue weighted by molar-refractivity contribution is 7.80. The van der Waals surface area contributed by atoms with Crippen molar-refractivity contribution in [3.05, 3.63) is 18.2 Å². The van der Waals surface area contributed by atoms with Gasteiger partial charge >= 0.3 is 5.97 Å². The van der Waals surface area contributed by atoms with Gasteiger partial charge in [0, 0.05) is 24.7 Å². The summed E-state index contributed by atoms with van der Waals surface area (Å²) in [7, 11) is 3.01. The molecule has 1 rings (SSSR count). The van der Waals surface area contributed by atoms with Crippen molar-refractivity contribution < 1.29 is 19.0 Å². The Balaban J connectivity index is 2.31.